The van der Waals surface area contributed by atoms with Gasteiger partial charge < -0.3 is 9.80 Å². The molecule has 32 heavy (non-hydrogen) atoms. The summed E-state index contributed by atoms with van der Waals surface area (Å²) in [6.45, 7) is 6.24. The zero-order chi connectivity index (χ0) is 22.2. The largest absolute Gasteiger partial charge is 0.352 e. The number of rotatable bonds is 4. The lowest BCUT2D eigenvalue weighted by atomic mass is 9.99. The van der Waals surface area contributed by atoms with E-state index in [1.54, 1.807) is 6.20 Å². The van der Waals surface area contributed by atoms with Crippen LogP contribution in [0.15, 0.2) is 24.4 Å². The van der Waals surface area contributed by atoms with E-state index in [2.05, 4.69) is 45.7 Å². The molecule has 0 radical (unpaired) electrons. The molecule has 3 fully saturated rings. The van der Waals surface area contributed by atoms with Gasteiger partial charge in [-0.1, -0.05) is 5.92 Å². The summed E-state index contributed by atoms with van der Waals surface area (Å²) in [5, 5.41) is 9.29. The van der Waals surface area contributed by atoms with E-state index in [-0.39, 0.29) is 12.0 Å². The second kappa shape index (κ2) is 8.28. The summed E-state index contributed by atoms with van der Waals surface area (Å²) in [5.41, 5.74) is 4.40. The second-order valence-electron chi connectivity index (χ2n) is 9.08. The maximum absolute atomic E-state index is 12.6. The number of anilines is 1. The molecule has 1 unspecified atom stereocenters. The first-order valence-electron chi connectivity index (χ1n) is 11.5. The van der Waals surface area contributed by atoms with Crippen LogP contribution in [0, 0.1) is 29.1 Å². The number of carbonyl (C=O) groups is 1. The number of hydrogen-bond donors (Lipinski definition) is 0. The van der Waals surface area contributed by atoms with Gasteiger partial charge in [0.25, 0.3) is 0 Å². The number of piperazine rings is 1. The monoisotopic (exact) mass is 425 g/mol. The molecule has 2 saturated carbocycles. The van der Waals surface area contributed by atoms with Gasteiger partial charge in [0.05, 0.1) is 11.3 Å². The lowest BCUT2D eigenvalue weighted by molar-refractivity contribution is -0.134. The first-order chi connectivity index (χ1) is 15.6. The second-order valence-corrected chi connectivity index (χ2v) is 9.08. The Balaban J connectivity index is 1.51. The van der Waals surface area contributed by atoms with Crippen LogP contribution < -0.4 is 4.90 Å². The van der Waals surface area contributed by atoms with Gasteiger partial charge in [0.1, 0.15) is 17.6 Å². The number of aromatic nitrogens is 2. The van der Waals surface area contributed by atoms with Gasteiger partial charge in [0, 0.05) is 49.3 Å². The van der Waals surface area contributed by atoms with Gasteiger partial charge in [-0.15, -0.1) is 5.92 Å². The SMILES string of the molecule is CC#Cc1cc(-c2ccnc(C#N)c2)c(C2CC2)nc1N1CCN(C(=O)C2CC2)C(C)C1. The standard InChI is InChI=1S/C26H27N5O/c1-3-4-21-14-23(20-9-10-28-22(13-20)15-27)24(18-5-6-18)29-25(21)30-11-12-31(17(2)16-30)26(32)19-7-8-19/h9-10,13-14,17-19H,5-8,11-12,16H2,1-2H3. The molecule has 0 spiro atoms. The third-order valence-electron chi connectivity index (χ3n) is 6.58. The van der Waals surface area contributed by atoms with Crippen LogP contribution in [0.25, 0.3) is 11.1 Å². The summed E-state index contributed by atoms with van der Waals surface area (Å²) >= 11 is 0. The van der Waals surface area contributed by atoms with E-state index in [0.717, 1.165) is 73.5 Å². The molecule has 1 saturated heterocycles. The molecule has 0 N–H and O–H groups in total. The van der Waals surface area contributed by atoms with Crippen molar-refractivity contribution in [1.82, 2.24) is 14.9 Å². The van der Waals surface area contributed by atoms with Crippen LogP contribution in [0.1, 0.15) is 62.4 Å². The Morgan fingerprint density at radius 1 is 1.19 bits per heavy atom. The van der Waals surface area contributed by atoms with Crippen LogP contribution in [-0.4, -0.2) is 46.5 Å². The van der Waals surface area contributed by atoms with E-state index in [9.17, 15) is 10.1 Å². The number of carbonyl (C=O) groups excluding carboxylic acids is 1. The quantitative estimate of drug-likeness (QED) is 0.698. The smallest absolute Gasteiger partial charge is 0.226 e. The number of pyridine rings is 2. The van der Waals surface area contributed by atoms with Crippen molar-refractivity contribution < 1.29 is 4.79 Å². The topological polar surface area (TPSA) is 73.1 Å². The summed E-state index contributed by atoms with van der Waals surface area (Å²) in [6.07, 6.45) is 6.03. The van der Waals surface area contributed by atoms with Gasteiger partial charge in [-0.25, -0.2) is 9.97 Å². The highest BCUT2D eigenvalue weighted by atomic mass is 16.2. The summed E-state index contributed by atoms with van der Waals surface area (Å²) in [6, 6.07) is 8.20. The van der Waals surface area contributed by atoms with Crippen LogP contribution in [0.2, 0.25) is 0 Å². The van der Waals surface area contributed by atoms with E-state index in [1.807, 2.05) is 19.1 Å². The molecule has 1 aliphatic heterocycles. The molecule has 3 heterocycles. The van der Waals surface area contributed by atoms with Crippen LogP contribution in [-0.2, 0) is 4.79 Å². The highest BCUT2D eigenvalue weighted by Gasteiger charge is 2.38. The molecule has 3 aliphatic rings. The normalized spacial score (nSPS) is 20.3. The van der Waals surface area contributed by atoms with Crippen molar-refractivity contribution >= 4 is 11.7 Å². The highest BCUT2D eigenvalue weighted by molar-refractivity contribution is 5.82. The van der Waals surface area contributed by atoms with Gasteiger partial charge >= 0.3 is 0 Å². The van der Waals surface area contributed by atoms with E-state index in [0.29, 0.717) is 17.5 Å². The predicted molar refractivity (Wildman–Crippen MR) is 123 cm³/mol. The molecule has 0 aromatic carbocycles. The van der Waals surface area contributed by atoms with Crippen molar-refractivity contribution in [2.45, 2.75) is 51.5 Å². The molecule has 2 aromatic rings. The summed E-state index contributed by atoms with van der Waals surface area (Å²) < 4.78 is 0. The van der Waals surface area contributed by atoms with E-state index in [4.69, 9.17) is 4.98 Å². The molecule has 2 aromatic heterocycles. The molecule has 0 bridgehead atoms. The van der Waals surface area contributed by atoms with Crippen molar-refractivity contribution in [2.75, 3.05) is 24.5 Å². The molecule has 6 nitrogen and oxygen atoms in total. The van der Waals surface area contributed by atoms with Crippen molar-refractivity contribution in [3.05, 3.63) is 41.3 Å². The Kier molecular flexibility index (Phi) is 5.31. The Morgan fingerprint density at radius 3 is 2.66 bits per heavy atom. The highest BCUT2D eigenvalue weighted by Crippen LogP contribution is 2.45. The first-order valence-corrected chi connectivity index (χ1v) is 11.5. The molecular formula is C26H27N5O. The number of nitrogens with zero attached hydrogens (tertiary/aromatic N) is 5. The van der Waals surface area contributed by atoms with Gasteiger partial charge in [-0.05, 0) is 63.3 Å². The molecule has 162 valence electrons. The zero-order valence-electron chi connectivity index (χ0n) is 18.6. The van der Waals surface area contributed by atoms with Gasteiger partial charge in [0.2, 0.25) is 5.91 Å². The molecule has 1 amide bonds. The van der Waals surface area contributed by atoms with Gasteiger partial charge in [0.15, 0.2) is 0 Å². The Morgan fingerprint density at radius 2 is 2.00 bits per heavy atom. The predicted octanol–water partition coefficient (Wildman–Crippen LogP) is 3.71. The van der Waals surface area contributed by atoms with E-state index < -0.39 is 0 Å². The van der Waals surface area contributed by atoms with Crippen LogP contribution in [0.5, 0.6) is 0 Å². The number of hydrogen-bond acceptors (Lipinski definition) is 5. The van der Waals surface area contributed by atoms with Gasteiger partial charge in [-0.3, -0.25) is 4.79 Å². The third-order valence-corrected chi connectivity index (χ3v) is 6.58. The number of nitriles is 1. The maximum Gasteiger partial charge on any atom is 0.226 e. The number of amides is 1. The Hall–Kier alpha value is -3.38. The molecular weight excluding hydrogens is 398 g/mol. The minimum Gasteiger partial charge on any atom is -0.352 e. The van der Waals surface area contributed by atoms with Gasteiger partial charge in [-0.2, -0.15) is 5.26 Å². The van der Waals surface area contributed by atoms with Crippen molar-refractivity contribution in [2.24, 2.45) is 5.92 Å². The molecule has 5 rings (SSSR count). The average Bonchev–Trinajstić information content (AvgIpc) is 3.71. The van der Waals surface area contributed by atoms with E-state index in [1.165, 1.54) is 0 Å². The lowest BCUT2D eigenvalue weighted by Gasteiger charge is -2.41. The van der Waals surface area contributed by atoms with Crippen LogP contribution >= 0.6 is 0 Å². The maximum atomic E-state index is 12.6. The van der Waals surface area contributed by atoms with Crippen molar-refractivity contribution in [3.8, 4) is 29.0 Å². The Bertz CT molecular complexity index is 1160. The lowest BCUT2D eigenvalue weighted by Crippen LogP contribution is -2.54. The summed E-state index contributed by atoms with van der Waals surface area (Å²) in [7, 11) is 0. The Labute approximate surface area is 189 Å². The summed E-state index contributed by atoms with van der Waals surface area (Å²) in [4.78, 5) is 26.3. The average molecular weight is 426 g/mol. The minimum absolute atomic E-state index is 0.156. The van der Waals surface area contributed by atoms with Crippen molar-refractivity contribution in [1.29, 1.82) is 5.26 Å². The first kappa shape index (κ1) is 20.5. The van der Waals surface area contributed by atoms with Crippen LogP contribution in [0.4, 0.5) is 5.82 Å². The fourth-order valence-electron chi connectivity index (χ4n) is 4.59. The van der Waals surface area contributed by atoms with Crippen LogP contribution in [0.3, 0.4) is 0 Å². The molecule has 2 aliphatic carbocycles. The van der Waals surface area contributed by atoms with E-state index >= 15 is 0 Å². The molecule has 6 heteroatoms. The fourth-order valence-corrected chi connectivity index (χ4v) is 4.59. The van der Waals surface area contributed by atoms with Crippen molar-refractivity contribution in [3.63, 3.8) is 0 Å². The third kappa shape index (κ3) is 3.94. The summed E-state index contributed by atoms with van der Waals surface area (Å²) in [5.74, 6) is 8.24. The minimum atomic E-state index is 0.156. The molecule has 1 atom stereocenters. The zero-order valence-corrected chi connectivity index (χ0v) is 18.6. The fraction of sp³-hybridized carbons (Fsp3) is 0.462.